The van der Waals surface area contributed by atoms with Crippen molar-refractivity contribution in [2.45, 2.75) is 4.90 Å². The van der Waals surface area contributed by atoms with Gasteiger partial charge in [-0.15, -0.1) is 0 Å². The van der Waals surface area contributed by atoms with Crippen LogP contribution in [0.2, 0.25) is 0 Å². The number of sulfonamides is 1. The SMILES string of the molecule is NS(=O)(=O)c1ccc(-c2ccc(-c3cccc4c3OCO4)cc2)cc1. The predicted molar refractivity (Wildman–Crippen MR) is 94.8 cm³/mol. The highest BCUT2D eigenvalue weighted by molar-refractivity contribution is 7.89. The molecule has 0 aliphatic carbocycles. The van der Waals surface area contributed by atoms with E-state index >= 15 is 0 Å². The Morgan fingerprint density at radius 2 is 1.36 bits per heavy atom. The maximum atomic E-state index is 11.3. The van der Waals surface area contributed by atoms with Crippen molar-refractivity contribution in [2.24, 2.45) is 5.14 Å². The van der Waals surface area contributed by atoms with Crippen LogP contribution in [0.25, 0.3) is 22.3 Å². The summed E-state index contributed by atoms with van der Waals surface area (Å²) < 4.78 is 33.6. The lowest BCUT2D eigenvalue weighted by molar-refractivity contribution is 0.174. The maximum absolute atomic E-state index is 11.3. The van der Waals surface area contributed by atoms with Crippen molar-refractivity contribution in [1.82, 2.24) is 0 Å². The fourth-order valence-electron chi connectivity index (χ4n) is 2.84. The van der Waals surface area contributed by atoms with Gasteiger partial charge in [-0.05, 0) is 34.9 Å². The number of hydrogen-bond acceptors (Lipinski definition) is 4. The maximum Gasteiger partial charge on any atom is 0.238 e. The van der Waals surface area contributed by atoms with Crippen LogP contribution in [-0.2, 0) is 10.0 Å². The Bertz CT molecular complexity index is 1030. The Hall–Kier alpha value is -2.83. The molecule has 0 radical (unpaired) electrons. The van der Waals surface area contributed by atoms with Gasteiger partial charge in [-0.25, -0.2) is 13.6 Å². The molecule has 0 aromatic heterocycles. The van der Waals surface area contributed by atoms with Gasteiger partial charge >= 0.3 is 0 Å². The number of nitrogens with two attached hydrogens (primary N) is 1. The molecule has 0 saturated carbocycles. The standard InChI is InChI=1S/C19H15NO4S/c20-25(21,22)16-10-8-14(9-11-16)13-4-6-15(7-5-13)17-2-1-3-18-19(17)24-12-23-18/h1-11H,12H2,(H2,20,21,22). The molecule has 0 spiro atoms. The molecule has 5 nitrogen and oxygen atoms in total. The van der Waals surface area contributed by atoms with Crippen LogP contribution in [0.5, 0.6) is 11.5 Å². The summed E-state index contributed by atoms with van der Waals surface area (Å²) in [6.07, 6.45) is 0. The summed E-state index contributed by atoms with van der Waals surface area (Å²) in [6.45, 7) is 0.237. The van der Waals surface area contributed by atoms with Gasteiger partial charge in [0.05, 0.1) is 4.90 Å². The van der Waals surface area contributed by atoms with Gasteiger partial charge in [-0.1, -0.05) is 48.5 Å². The summed E-state index contributed by atoms with van der Waals surface area (Å²) >= 11 is 0. The van der Waals surface area contributed by atoms with Gasteiger partial charge in [0.1, 0.15) is 0 Å². The minimum absolute atomic E-state index is 0.102. The number of para-hydroxylation sites is 1. The first-order chi connectivity index (χ1) is 12.0. The molecule has 0 atom stereocenters. The average Bonchev–Trinajstić information content (AvgIpc) is 3.10. The second kappa shape index (κ2) is 5.91. The highest BCUT2D eigenvalue weighted by Gasteiger charge is 2.18. The third-order valence-electron chi connectivity index (χ3n) is 4.11. The molecule has 0 bridgehead atoms. The molecule has 0 unspecified atom stereocenters. The van der Waals surface area contributed by atoms with E-state index in [4.69, 9.17) is 14.6 Å². The van der Waals surface area contributed by atoms with Crippen molar-refractivity contribution in [2.75, 3.05) is 6.79 Å². The van der Waals surface area contributed by atoms with Gasteiger partial charge in [-0.3, -0.25) is 0 Å². The fraction of sp³-hybridized carbons (Fsp3) is 0.0526. The van der Waals surface area contributed by atoms with E-state index in [1.54, 1.807) is 12.1 Å². The average molecular weight is 353 g/mol. The first-order valence-corrected chi connectivity index (χ1v) is 9.19. The molecule has 2 N–H and O–H groups in total. The molecular formula is C19H15NO4S. The van der Waals surface area contributed by atoms with Crippen molar-refractivity contribution in [3.05, 3.63) is 66.7 Å². The molecule has 25 heavy (non-hydrogen) atoms. The van der Waals surface area contributed by atoms with Crippen LogP contribution in [0.15, 0.2) is 71.6 Å². The van der Waals surface area contributed by atoms with E-state index in [0.29, 0.717) is 0 Å². The van der Waals surface area contributed by atoms with E-state index in [0.717, 1.165) is 33.8 Å². The van der Waals surface area contributed by atoms with Gasteiger partial charge in [0, 0.05) is 5.56 Å². The zero-order chi connectivity index (χ0) is 17.4. The minimum atomic E-state index is -3.68. The number of hydrogen-bond donors (Lipinski definition) is 1. The first kappa shape index (κ1) is 15.7. The van der Waals surface area contributed by atoms with E-state index < -0.39 is 10.0 Å². The summed E-state index contributed by atoms with van der Waals surface area (Å²) in [5.74, 6) is 1.51. The normalized spacial score (nSPS) is 13.0. The lowest BCUT2D eigenvalue weighted by Crippen LogP contribution is -2.11. The van der Waals surface area contributed by atoms with Crippen LogP contribution < -0.4 is 14.6 Å². The molecular weight excluding hydrogens is 338 g/mol. The van der Waals surface area contributed by atoms with Crippen LogP contribution in [0.1, 0.15) is 0 Å². The van der Waals surface area contributed by atoms with E-state index in [1.165, 1.54) is 12.1 Å². The number of primary sulfonamides is 1. The fourth-order valence-corrected chi connectivity index (χ4v) is 3.35. The Morgan fingerprint density at radius 3 is 2.00 bits per heavy atom. The Kier molecular flexibility index (Phi) is 3.71. The van der Waals surface area contributed by atoms with Gasteiger partial charge < -0.3 is 9.47 Å². The second-order valence-corrected chi connectivity index (χ2v) is 7.25. The van der Waals surface area contributed by atoms with Gasteiger partial charge in [-0.2, -0.15) is 0 Å². The number of ether oxygens (including phenoxy) is 2. The van der Waals surface area contributed by atoms with Gasteiger partial charge in [0.2, 0.25) is 16.8 Å². The summed E-state index contributed by atoms with van der Waals surface area (Å²) in [4.78, 5) is 0.102. The highest BCUT2D eigenvalue weighted by atomic mass is 32.2. The summed E-state index contributed by atoms with van der Waals surface area (Å²) in [7, 11) is -3.68. The van der Waals surface area contributed by atoms with Gasteiger partial charge in [0.15, 0.2) is 11.5 Å². The predicted octanol–water partition coefficient (Wildman–Crippen LogP) is 3.40. The van der Waals surface area contributed by atoms with Crippen molar-refractivity contribution in [3.63, 3.8) is 0 Å². The largest absolute Gasteiger partial charge is 0.454 e. The minimum Gasteiger partial charge on any atom is -0.454 e. The molecule has 6 heteroatoms. The Labute approximate surface area is 145 Å². The van der Waals surface area contributed by atoms with Crippen molar-refractivity contribution in [3.8, 4) is 33.8 Å². The zero-order valence-corrected chi connectivity index (χ0v) is 14.0. The Morgan fingerprint density at radius 1 is 0.760 bits per heavy atom. The van der Waals surface area contributed by atoms with Crippen LogP contribution in [0, 0.1) is 0 Å². The molecule has 1 aliphatic heterocycles. The summed E-state index contributed by atoms with van der Waals surface area (Å²) in [6, 6.07) is 20.3. The molecule has 0 saturated heterocycles. The molecule has 3 aromatic carbocycles. The summed E-state index contributed by atoms with van der Waals surface area (Å²) in [5, 5.41) is 5.12. The molecule has 0 fully saturated rings. The van der Waals surface area contributed by atoms with Crippen molar-refractivity contribution in [1.29, 1.82) is 0 Å². The third-order valence-corrected chi connectivity index (χ3v) is 5.04. The van der Waals surface area contributed by atoms with E-state index in [9.17, 15) is 8.42 Å². The third kappa shape index (κ3) is 2.97. The van der Waals surface area contributed by atoms with E-state index in [-0.39, 0.29) is 11.7 Å². The van der Waals surface area contributed by atoms with E-state index in [1.807, 2.05) is 42.5 Å². The van der Waals surface area contributed by atoms with Crippen LogP contribution in [0.4, 0.5) is 0 Å². The zero-order valence-electron chi connectivity index (χ0n) is 13.2. The molecule has 3 aromatic rings. The van der Waals surface area contributed by atoms with Crippen molar-refractivity contribution >= 4 is 10.0 Å². The van der Waals surface area contributed by atoms with E-state index in [2.05, 4.69) is 0 Å². The number of rotatable bonds is 3. The molecule has 126 valence electrons. The first-order valence-electron chi connectivity index (χ1n) is 7.65. The number of benzene rings is 3. The smallest absolute Gasteiger partial charge is 0.238 e. The van der Waals surface area contributed by atoms with Crippen molar-refractivity contribution < 1.29 is 17.9 Å². The topological polar surface area (TPSA) is 78.6 Å². The molecule has 4 rings (SSSR count). The van der Waals surface area contributed by atoms with Crippen LogP contribution >= 0.6 is 0 Å². The lowest BCUT2D eigenvalue weighted by Gasteiger charge is -2.08. The quantitative estimate of drug-likeness (QED) is 0.783. The summed E-state index contributed by atoms with van der Waals surface area (Å²) in [5.41, 5.74) is 3.89. The molecule has 0 amide bonds. The van der Waals surface area contributed by atoms with Crippen LogP contribution in [-0.4, -0.2) is 15.2 Å². The highest BCUT2D eigenvalue weighted by Crippen LogP contribution is 2.41. The lowest BCUT2D eigenvalue weighted by atomic mass is 9.99. The number of fused-ring (bicyclic) bond motifs is 1. The Balaban J connectivity index is 1.66. The molecule has 1 heterocycles. The monoisotopic (exact) mass is 353 g/mol. The second-order valence-electron chi connectivity index (χ2n) is 5.69. The molecule has 1 aliphatic rings. The van der Waals surface area contributed by atoms with Crippen LogP contribution in [0.3, 0.4) is 0 Å². The van der Waals surface area contributed by atoms with Gasteiger partial charge in [0.25, 0.3) is 0 Å².